The molecule has 0 spiro atoms. The number of carbonyl (C=O) groups is 2. The van der Waals surface area contributed by atoms with Crippen molar-refractivity contribution in [3.05, 3.63) is 70.8 Å². The lowest BCUT2D eigenvalue weighted by Gasteiger charge is -2.37. The number of benzene rings is 2. The zero-order chi connectivity index (χ0) is 36.3. The lowest BCUT2D eigenvalue weighted by molar-refractivity contribution is 0.136. The molecule has 4 bridgehead atoms. The van der Waals surface area contributed by atoms with Gasteiger partial charge in [0.05, 0.1) is 0 Å². The van der Waals surface area contributed by atoms with E-state index in [0.29, 0.717) is 36.3 Å². The minimum Gasteiger partial charge on any atom is -0.351 e. The molecule has 288 valence electrons. The first-order valence-electron chi connectivity index (χ1n) is 21.8. The summed E-state index contributed by atoms with van der Waals surface area (Å²) in [6, 6.07) is 20.8. The lowest BCUT2D eigenvalue weighted by Crippen LogP contribution is -2.46. The number of rotatable bonds is 16. The van der Waals surface area contributed by atoms with Crippen LogP contribution in [0.25, 0.3) is 0 Å². The molecule has 4 amide bonds. The van der Waals surface area contributed by atoms with Gasteiger partial charge in [0.15, 0.2) is 0 Å². The van der Waals surface area contributed by atoms with Crippen molar-refractivity contribution in [3.8, 4) is 0 Å². The molecule has 4 fully saturated rings. The summed E-state index contributed by atoms with van der Waals surface area (Å²) in [5, 5.41) is 0. The Labute approximate surface area is 319 Å². The summed E-state index contributed by atoms with van der Waals surface area (Å²) < 4.78 is 0. The first-order chi connectivity index (χ1) is 26.0. The van der Waals surface area contributed by atoms with Crippen molar-refractivity contribution in [2.45, 2.75) is 158 Å². The largest absolute Gasteiger partial charge is 0.351 e. The van der Waals surface area contributed by atoms with Crippen LogP contribution in [-0.4, -0.2) is 69.9 Å². The molecular formula is C45H66N6O2. The van der Waals surface area contributed by atoms with Crippen molar-refractivity contribution in [3.63, 3.8) is 0 Å². The van der Waals surface area contributed by atoms with Gasteiger partial charge < -0.3 is 21.3 Å². The van der Waals surface area contributed by atoms with Crippen molar-refractivity contribution < 1.29 is 9.59 Å². The maximum absolute atomic E-state index is 12.5. The van der Waals surface area contributed by atoms with Gasteiger partial charge >= 0.3 is 12.1 Å². The standard InChI is InChI=1S/C45H66N6O2/c46-44(52)48(34-18-14-32(15-19-34)26-30-50-40-22-23-41(50)37-11-5-4-10-36(37)40)28-8-2-1-3-9-29-49(45(47)53)35-20-16-33(17-21-35)27-31-51-42-24-25-43(51)39-13-7-6-12-38(39)42/h4-7,10-13,32-35,40-43H,1-3,8-9,14-31H2,(H2,46,52)(H2,47,53)/t32?,33?,34?,35?,40-,41+,42-,43+. The van der Waals surface area contributed by atoms with Gasteiger partial charge in [-0.1, -0.05) is 67.8 Å². The highest BCUT2D eigenvalue weighted by molar-refractivity contribution is 5.72. The minimum atomic E-state index is -0.250. The van der Waals surface area contributed by atoms with Gasteiger partial charge in [0.2, 0.25) is 0 Å². The van der Waals surface area contributed by atoms with Crippen LogP contribution in [0.15, 0.2) is 48.5 Å². The molecule has 2 aromatic rings. The first-order valence-corrected chi connectivity index (χ1v) is 21.8. The van der Waals surface area contributed by atoms with Crippen LogP contribution in [0, 0.1) is 11.8 Å². The lowest BCUT2D eigenvalue weighted by atomic mass is 9.83. The van der Waals surface area contributed by atoms with Gasteiger partial charge in [-0.15, -0.1) is 0 Å². The Morgan fingerprint density at radius 2 is 0.811 bits per heavy atom. The molecule has 8 rings (SSSR count). The van der Waals surface area contributed by atoms with Crippen LogP contribution < -0.4 is 11.5 Å². The molecular weight excluding hydrogens is 657 g/mol. The topological polar surface area (TPSA) is 99.1 Å². The maximum Gasteiger partial charge on any atom is 0.315 e. The molecule has 2 saturated heterocycles. The Kier molecular flexibility index (Phi) is 11.6. The monoisotopic (exact) mass is 723 g/mol. The number of fused-ring (bicyclic) bond motifs is 10. The Morgan fingerprint density at radius 1 is 0.491 bits per heavy atom. The van der Waals surface area contributed by atoms with Crippen LogP contribution in [0.3, 0.4) is 0 Å². The zero-order valence-corrected chi connectivity index (χ0v) is 32.3. The summed E-state index contributed by atoms with van der Waals surface area (Å²) in [6.07, 6.45) is 22.2. The van der Waals surface area contributed by atoms with Crippen molar-refractivity contribution in [1.29, 1.82) is 0 Å². The predicted octanol–water partition coefficient (Wildman–Crippen LogP) is 9.38. The smallest absolute Gasteiger partial charge is 0.315 e. The van der Waals surface area contributed by atoms with Crippen molar-refractivity contribution in [2.24, 2.45) is 23.3 Å². The molecule has 4 aliphatic heterocycles. The van der Waals surface area contributed by atoms with E-state index in [1.165, 1.54) is 77.3 Å². The van der Waals surface area contributed by atoms with Gasteiger partial charge in [0.1, 0.15) is 0 Å². The fourth-order valence-electron chi connectivity index (χ4n) is 12.1. The molecule has 2 aliphatic carbocycles. The van der Waals surface area contributed by atoms with E-state index in [1.54, 1.807) is 22.3 Å². The Bertz CT molecular complexity index is 1370. The molecule has 2 aromatic carbocycles. The molecule has 0 aromatic heterocycles. The summed E-state index contributed by atoms with van der Waals surface area (Å²) in [6.45, 7) is 3.94. The molecule has 0 unspecified atom stereocenters. The molecule has 2 saturated carbocycles. The third-order valence-electron chi connectivity index (χ3n) is 14.9. The summed E-state index contributed by atoms with van der Waals surface area (Å²) in [4.78, 5) is 34.5. The predicted molar refractivity (Wildman–Crippen MR) is 212 cm³/mol. The summed E-state index contributed by atoms with van der Waals surface area (Å²) >= 11 is 0. The molecule has 4 N–H and O–H groups in total. The zero-order valence-electron chi connectivity index (χ0n) is 32.3. The van der Waals surface area contributed by atoms with Gasteiger partial charge in [0, 0.05) is 49.3 Å². The van der Waals surface area contributed by atoms with Gasteiger partial charge in [-0.05, 0) is 150 Å². The molecule has 6 aliphatic rings. The Balaban J connectivity index is 0.686. The number of nitrogens with zero attached hydrogens (tertiary/aromatic N) is 4. The fourth-order valence-corrected chi connectivity index (χ4v) is 12.1. The number of hydrogen-bond donors (Lipinski definition) is 2. The van der Waals surface area contributed by atoms with Crippen LogP contribution in [0.5, 0.6) is 0 Å². The van der Waals surface area contributed by atoms with E-state index in [2.05, 4.69) is 58.3 Å². The van der Waals surface area contributed by atoms with E-state index in [9.17, 15) is 9.59 Å². The average molecular weight is 723 g/mol. The van der Waals surface area contributed by atoms with Crippen molar-refractivity contribution >= 4 is 12.1 Å². The summed E-state index contributed by atoms with van der Waals surface area (Å²) in [5.74, 6) is 1.51. The fraction of sp³-hybridized carbons (Fsp3) is 0.689. The molecule has 4 heterocycles. The first kappa shape index (κ1) is 36.9. The number of carbonyl (C=O) groups excluding carboxylic acids is 2. The van der Waals surface area contributed by atoms with E-state index >= 15 is 0 Å². The summed E-state index contributed by atoms with van der Waals surface area (Å²) in [7, 11) is 0. The SMILES string of the molecule is NC(=O)N(CCCCCCCN(C(N)=O)C1CCC(CCN2[C@@H]3CC[C@H]2c2ccccc23)CC1)C1CCC(CCN2[C@@H]3CC[C@H]2c2ccccc23)CC1. The van der Waals surface area contributed by atoms with Crippen LogP contribution in [0.4, 0.5) is 9.59 Å². The van der Waals surface area contributed by atoms with Crippen LogP contribution in [-0.2, 0) is 0 Å². The van der Waals surface area contributed by atoms with Crippen molar-refractivity contribution in [1.82, 2.24) is 19.6 Å². The van der Waals surface area contributed by atoms with Gasteiger partial charge in [-0.3, -0.25) is 9.80 Å². The second kappa shape index (κ2) is 16.7. The van der Waals surface area contributed by atoms with Gasteiger partial charge in [-0.25, -0.2) is 9.59 Å². The second-order valence-corrected chi connectivity index (χ2v) is 17.7. The van der Waals surface area contributed by atoms with E-state index in [0.717, 1.165) is 82.7 Å². The number of primary amides is 2. The number of amides is 4. The normalized spacial score (nSPS) is 30.3. The van der Waals surface area contributed by atoms with Crippen molar-refractivity contribution in [2.75, 3.05) is 26.2 Å². The number of urea groups is 2. The Hall–Kier alpha value is -3.10. The highest BCUT2D eigenvalue weighted by Gasteiger charge is 2.44. The quantitative estimate of drug-likeness (QED) is 0.169. The Morgan fingerprint density at radius 3 is 1.13 bits per heavy atom. The number of hydrogen-bond acceptors (Lipinski definition) is 4. The number of nitrogens with two attached hydrogens (primary N) is 2. The molecule has 0 radical (unpaired) electrons. The van der Waals surface area contributed by atoms with E-state index in [4.69, 9.17) is 11.5 Å². The van der Waals surface area contributed by atoms with E-state index < -0.39 is 0 Å². The maximum atomic E-state index is 12.5. The van der Waals surface area contributed by atoms with Crippen LogP contribution in [0.1, 0.15) is 168 Å². The molecule has 4 atom stereocenters. The summed E-state index contributed by atoms with van der Waals surface area (Å²) in [5.41, 5.74) is 18.2. The highest BCUT2D eigenvalue weighted by atomic mass is 16.2. The molecule has 8 nitrogen and oxygen atoms in total. The minimum absolute atomic E-state index is 0.250. The van der Waals surface area contributed by atoms with Gasteiger partial charge in [-0.2, -0.15) is 0 Å². The second-order valence-electron chi connectivity index (χ2n) is 17.7. The third kappa shape index (κ3) is 7.87. The average Bonchev–Trinajstić information content (AvgIpc) is 3.94. The third-order valence-corrected chi connectivity index (χ3v) is 14.9. The van der Waals surface area contributed by atoms with E-state index in [1.807, 2.05) is 9.80 Å². The highest BCUT2D eigenvalue weighted by Crippen LogP contribution is 2.54. The van der Waals surface area contributed by atoms with Gasteiger partial charge in [0.25, 0.3) is 0 Å². The van der Waals surface area contributed by atoms with Crippen LogP contribution in [0.2, 0.25) is 0 Å². The molecule has 53 heavy (non-hydrogen) atoms. The van der Waals surface area contributed by atoms with Crippen LogP contribution >= 0.6 is 0 Å². The van der Waals surface area contributed by atoms with E-state index in [-0.39, 0.29) is 12.1 Å². The number of unbranched alkanes of at least 4 members (excludes halogenated alkanes) is 4. The molecule has 8 heteroatoms.